The van der Waals surface area contributed by atoms with E-state index < -0.39 is 0 Å². The molecule has 1 saturated carbocycles. The van der Waals surface area contributed by atoms with Crippen molar-refractivity contribution in [3.63, 3.8) is 0 Å². The van der Waals surface area contributed by atoms with Gasteiger partial charge in [0.1, 0.15) is 5.82 Å². The fraction of sp³-hybridized carbons (Fsp3) is 0.500. The molecule has 2 aliphatic carbocycles. The van der Waals surface area contributed by atoms with E-state index in [0.717, 1.165) is 60.0 Å². The molecule has 182 valence electrons. The number of fused-ring (bicyclic) bond motifs is 1. The van der Waals surface area contributed by atoms with Gasteiger partial charge in [0.25, 0.3) is 0 Å². The molecule has 1 fully saturated rings. The van der Waals surface area contributed by atoms with Gasteiger partial charge in [0.2, 0.25) is 0 Å². The Morgan fingerprint density at radius 1 is 1.06 bits per heavy atom. The first-order chi connectivity index (χ1) is 16.5. The zero-order valence-corrected chi connectivity index (χ0v) is 21.6. The summed E-state index contributed by atoms with van der Waals surface area (Å²) in [6, 6.07) is 4.74. The smallest absolute Gasteiger partial charge is 0.158 e. The highest BCUT2D eigenvalue weighted by atomic mass is 35.5. The summed E-state index contributed by atoms with van der Waals surface area (Å²) in [6.07, 6.45) is 14.3. The second-order valence-corrected chi connectivity index (χ2v) is 10.4. The number of aromatic nitrogens is 2. The molecule has 1 aromatic carbocycles. The van der Waals surface area contributed by atoms with Gasteiger partial charge in [-0.3, -0.25) is 10.4 Å². The Balaban J connectivity index is 1.37. The van der Waals surface area contributed by atoms with E-state index in [-0.39, 0.29) is 0 Å². The van der Waals surface area contributed by atoms with Crippen LogP contribution in [0.3, 0.4) is 0 Å². The number of benzene rings is 1. The third-order valence-electron chi connectivity index (χ3n) is 7.06. The second kappa shape index (κ2) is 10.2. The molecule has 34 heavy (non-hydrogen) atoms. The van der Waals surface area contributed by atoms with Crippen molar-refractivity contribution in [2.24, 2.45) is 0 Å². The number of anilines is 1. The lowest BCUT2D eigenvalue weighted by Crippen LogP contribution is -2.38. The quantitative estimate of drug-likeness (QED) is 0.391. The minimum atomic E-state index is 0.652. The van der Waals surface area contributed by atoms with Crippen molar-refractivity contribution in [1.29, 1.82) is 0 Å². The molecule has 1 aromatic heterocycles. The number of hydrogen-bond acceptors (Lipinski definition) is 5. The van der Waals surface area contributed by atoms with Gasteiger partial charge in [-0.25, -0.2) is 0 Å². The van der Waals surface area contributed by atoms with E-state index in [1.165, 1.54) is 44.1 Å². The highest BCUT2D eigenvalue weighted by Crippen LogP contribution is 2.44. The van der Waals surface area contributed by atoms with Crippen LogP contribution in [0.25, 0.3) is 22.5 Å². The van der Waals surface area contributed by atoms with Gasteiger partial charge >= 0.3 is 0 Å². The molecular formula is C26H34Cl2N6. The van der Waals surface area contributed by atoms with Crippen LogP contribution in [0.15, 0.2) is 24.4 Å². The largest absolute Gasteiger partial charge is 0.367 e. The van der Waals surface area contributed by atoms with E-state index in [4.69, 9.17) is 28.3 Å². The van der Waals surface area contributed by atoms with Crippen LogP contribution in [-0.2, 0) is 0 Å². The average Bonchev–Trinajstić information content (AvgIpc) is 3.46. The van der Waals surface area contributed by atoms with Gasteiger partial charge in [0.15, 0.2) is 5.82 Å². The highest BCUT2D eigenvalue weighted by molar-refractivity contribution is 6.39. The Morgan fingerprint density at radius 3 is 2.53 bits per heavy atom. The van der Waals surface area contributed by atoms with Gasteiger partial charge in [-0.05, 0) is 62.3 Å². The first kappa shape index (κ1) is 23.6. The Labute approximate surface area is 212 Å². The molecular weight excluding hydrogens is 467 g/mol. The molecule has 0 radical (unpaired) electrons. The lowest BCUT2D eigenvalue weighted by atomic mass is 9.95. The third-order valence-corrected chi connectivity index (χ3v) is 7.66. The summed E-state index contributed by atoms with van der Waals surface area (Å²) in [5.41, 5.74) is 8.50. The normalized spacial score (nSPS) is 18.4. The lowest BCUT2D eigenvalue weighted by Gasteiger charge is -2.28. The standard InChI is InChI=1S/C26H34Cl2N6/c1-17-24(25-21(27)14-19(15-22(25)28)18-8-6-7-9-18)26-32-33(2)16-23(34(26)31-17)30-13-12-29-20-10-4-3-5-11-20/h8,14-16,20,29-30,32H,3-7,9-13H2,1-2H3. The lowest BCUT2D eigenvalue weighted by molar-refractivity contribution is 0.374. The van der Waals surface area contributed by atoms with Crippen LogP contribution in [0, 0.1) is 6.92 Å². The molecule has 0 atom stereocenters. The van der Waals surface area contributed by atoms with Crippen molar-refractivity contribution in [2.75, 3.05) is 25.6 Å². The monoisotopic (exact) mass is 500 g/mol. The van der Waals surface area contributed by atoms with Crippen molar-refractivity contribution in [3.8, 4) is 11.1 Å². The van der Waals surface area contributed by atoms with Gasteiger partial charge in [-0.2, -0.15) is 9.78 Å². The number of aryl methyl sites for hydroxylation is 1. The topological polar surface area (TPSA) is 57.2 Å². The molecule has 2 heterocycles. The second-order valence-electron chi connectivity index (χ2n) is 9.61. The number of nitrogens with one attached hydrogen (secondary N) is 3. The molecule has 6 nitrogen and oxygen atoms in total. The Bertz CT molecular complexity index is 1090. The van der Waals surface area contributed by atoms with E-state index in [1.807, 2.05) is 42.0 Å². The first-order valence-electron chi connectivity index (χ1n) is 12.5. The molecule has 0 bridgehead atoms. The van der Waals surface area contributed by atoms with Crippen LogP contribution in [-0.4, -0.2) is 41.0 Å². The fourth-order valence-corrected chi connectivity index (χ4v) is 6.04. The van der Waals surface area contributed by atoms with Crippen LogP contribution in [0.4, 0.5) is 5.82 Å². The van der Waals surface area contributed by atoms with Crippen molar-refractivity contribution < 1.29 is 0 Å². The maximum absolute atomic E-state index is 6.84. The maximum Gasteiger partial charge on any atom is 0.158 e. The van der Waals surface area contributed by atoms with E-state index in [0.29, 0.717) is 16.1 Å². The summed E-state index contributed by atoms with van der Waals surface area (Å²) in [5, 5.41) is 15.3. The van der Waals surface area contributed by atoms with E-state index in [1.54, 1.807) is 0 Å². The van der Waals surface area contributed by atoms with Gasteiger partial charge in [0.05, 0.1) is 27.5 Å². The minimum absolute atomic E-state index is 0.652. The van der Waals surface area contributed by atoms with Crippen LogP contribution in [0.2, 0.25) is 10.0 Å². The predicted octanol–water partition coefficient (Wildman–Crippen LogP) is 6.27. The predicted molar refractivity (Wildman–Crippen MR) is 143 cm³/mol. The van der Waals surface area contributed by atoms with Gasteiger partial charge in [-0.1, -0.05) is 48.5 Å². The summed E-state index contributed by atoms with van der Waals surface area (Å²) < 4.78 is 1.92. The van der Waals surface area contributed by atoms with E-state index in [2.05, 4.69) is 22.1 Å². The van der Waals surface area contributed by atoms with Crippen molar-refractivity contribution >= 4 is 40.4 Å². The Morgan fingerprint density at radius 2 is 1.82 bits per heavy atom. The Kier molecular flexibility index (Phi) is 7.09. The molecule has 3 aliphatic rings. The van der Waals surface area contributed by atoms with Crippen LogP contribution < -0.4 is 16.1 Å². The van der Waals surface area contributed by atoms with Crippen LogP contribution in [0.5, 0.6) is 0 Å². The van der Waals surface area contributed by atoms with Crippen molar-refractivity contribution in [2.45, 2.75) is 64.3 Å². The summed E-state index contributed by atoms with van der Waals surface area (Å²) in [4.78, 5) is 0. The number of allylic oxidation sites excluding steroid dienone is 2. The molecule has 5 rings (SSSR count). The van der Waals surface area contributed by atoms with Gasteiger partial charge in [0, 0.05) is 31.7 Å². The van der Waals surface area contributed by atoms with Gasteiger partial charge < -0.3 is 10.6 Å². The zero-order chi connectivity index (χ0) is 23.7. The number of rotatable bonds is 7. The molecule has 1 aliphatic heterocycles. The number of hydrogen-bond donors (Lipinski definition) is 3. The van der Waals surface area contributed by atoms with E-state index >= 15 is 0 Å². The maximum atomic E-state index is 6.84. The number of halogens is 2. The van der Waals surface area contributed by atoms with Crippen LogP contribution in [0.1, 0.15) is 62.6 Å². The first-order valence-corrected chi connectivity index (χ1v) is 13.2. The van der Waals surface area contributed by atoms with E-state index in [9.17, 15) is 0 Å². The Hall–Kier alpha value is -2.15. The SMILES string of the molecule is Cc1nn2c(c1-c1c(Cl)cc(C3=CCCC3)cc1Cl)NN(C)C=C2NCCNC1CCCCC1. The number of hydrazine groups is 1. The van der Waals surface area contributed by atoms with Crippen LogP contribution >= 0.6 is 23.2 Å². The minimum Gasteiger partial charge on any atom is -0.367 e. The number of nitrogens with zero attached hydrogens (tertiary/aromatic N) is 3. The summed E-state index contributed by atoms with van der Waals surface area (Å²) in [7, 11) is 1.98. The molecule has 8 heteroatoms. The highest BCUT2D eigenvalue weighted by Gasteiger charge is 2.27. The third kappa shape index (κ3) is 4.81. The zero-order valence-electron chi connectivity index (χ0n) is 20.1. The summed E-state index contributed by atoms with van der Waals surface area (Å²) >= 11 is 13.7. The van der Waals surface area contributed by atoms with Crippen molar-refractivity contribution in [1.82, 2.24) is 25.4 Å². The van der Waals surface area contributed by atoms with Gasteiger partial charge in [-0.15, -0.1) is 0 Å². The summed E-state index contributed by atoms with van der Waals surface area (Å²) in [5.74, 6) is 1.79. The van der Waals surface area contributed by atoms with Crippen molar-refractivity contribution in [3.05, 3.63) is 45.7 Å². The molecule has 0 saturated heterocycles. The summed E-state index contributed by atoms with van der Waals surface area (Å²) in [6.45, 7) is 3.76. The fourth-order valence-electron chi connectivity index (χ4n) is 5.37. The molecule has 2 aromatic rings. The molecule has 3 N–H and O–H groups in total. The molecule has 0 amide bonds. The molecule has 0 unspecified atom stereocenters. The molecule has 0 spiro atoms. The average molecular weight is 502 g/mol.